The van der Waals surface area contributed by atoms with Crippen LogP contribution in [0.25, 0.3) is 0 Å². The lowest BCUT2D eigenvalue weighted by atomic mass is 10.0. The standard InChI is InChI=1S/C19H25N3O3/c1-14(23)20-17-8-5-9-21(13-17)19(25)16-10-18(24)22(12-16)11-15-6-3-2-4-7-15/h2-4,6-7,16-17H,5,8-13H2,1H3,(H,20,23). The Bertz CT molecular complexity index is 647. The second-order valence-corrected chi connectivity index (χ2v) is 6.98. The summed E-state index contributed by atoms with van der Waals surface area (Å²) in [7, 11) is 0. The molecule has 1 aromatic carbocycles. The summed E-state index contributed by atoms with van der Waals surface area (Å²) >= 11 is 0. The lowest BCUT2D eigenvalue weighted by molar-refractivity contribution is -0.137. The molecule has 2 saturated heterocycles. The maximum atomic E-state index is 12.8. The van der Waals surface area contributed by atoms with Crippen molar-refractivity contribution in [3.05, 3.63) is 35.9 Å². The highest BCUT2D eigenvalue weighted by Crippen LogP contribution is 2.24. The van der Waals surface area contributed by atoms with Gasteiger partial charge in [0.1, 0.15) is 0 Å². The molecule has 0 radical (unpaired) electrons. The number of rotatable bonds is 4. The van der Waals surface area contributed by atoms with E-state index in [-0.39, 0.29) is 36.1 Å². The van der Waals surface area contributed by atoms with Gasteiger partial charge < -0.3 is 15.1 Å². The van der Waals surface area contributed by atoms with E-state index in [4.69, 9.17) is 0 Å². The number of piperidine rings is 1. The average Bonchev–Trinajstić information content (AvgIpc) is 2.95. The van der Waals surface area contributed by atoms with Crippen LogP contribution in [0.3, 0.4) is 0 Å². The fraction of sp³-hybridized carbons (Fsp3) is 0.526. The molecule has 0 bridgehead atoms. The van der Waals surface area contributed by atoms with Crippen molar-refractivity contribution in [2.45, 2.75) is 38.8 Å². The molecule has 134 valence electrons. The Morgan fingerprint density at radius 3 is 2.68 bits per heavy atom. The van der Waals surface area contributed by atoms with Crippen LogP contribution in [0.1, 0.15) is 31.7 Å². The minimum atomic E-state index is -0.271. The molecule has 2 heterocycles. The first-order valence-electron chi connectivity index (χ1n) is 8.90. The highest BCUT2D eigenvalue weighted by atomic mass is 16.2. The van der Waals surface area contributed by atoms with Crippen LogP contribution in [0, 0.1) is 5.92 Å². The van der Waals surface area contributed by atoms with Gasteiger partial charge in [0.2, 0.25) is 17.7 Å². The predicted octanol–water partition coefficient (Wildman–Crippen LogP) is 1.16. The number of nitrogens with one attached hydrogen (secondary N) is 1. The first-order valence-corrected chi connectivity index (χ1v) is 8.90. The summed E-state index contributed by atoms with van der Waals surface area (Å²) in [6.07, 6.45) is 2.06. The van der Waals surface area contributed by atoms with Gasteiger partial charge in [0.15, 0.2) is 0 Å². The van der Waals surface area contributed by atoms with E-state index in [1.54, 1.807) is 4.90 Å². The average molecular weight is 343 g/mol. The third-order valence-electron chi connectivity index (χ3n) is 4.92. The lowest BCUT2D eigenvalue weighted by Gasteiger charge is -2.34. The Kier molecular flexibility index (Phi) is 5.36. The third kappa shape index (κ3) is 4.38. The van der Waals surface area contributed by atoms with Crippen molar-refractivity contribution in [3.63, 3.8) is 0 Å². The van der Waals surface area contributed by atoms with Crippen molar-refractivity contribution < 1.29 is 14.4 Å². The molecular weight excluding hydrogens is 318 g/mol. The summed E-state index contributed by atoms with van der Waals surface area (Å²) in [5.41, 5.74) is 1.08. The van der Waals surface area contributed by atoms with Gasteiger partial charge in [-0.05, 0) is 18.4 Å². The molecule has 2 aliphatic rings. The minimum Gasteiger partial charge on any atom is -0.352 e. The van der Waals surface area contributed by atoms with Crippen LogP contribution in [0.2, 0.25) is 0 Å². The van der Waals surface area contributed by atoms with E-state index in [1.165, 1.54) is 6.92 Å². The number of hydrogen-bond acceptors (Lipinski definition) is 3. The molecule has 0 saturated carbocycles. The van der Waals surface area contributed by atoms with Gasteiger partial charge in [0.25, 0.3) is 0 Å². The molecule has 2 unspecified atom stereocenters. The fourth-order valence-corrected chi connectivity index (χ4v) is 3.74. The maximum absolute atomic E-state index is 12.8. The molecule has 3 rings (SSSR count). The van der Waals surface area contributed by atoms with E-state index in [1.807, 2.05) is 35.2 Å². The summed E-state index contributed by atoms with van der Waals surface area (Å²) in [5.74, 6) is -0.256. The van der Waals surface area contributed by atoms with Crippen molar-refractivity contribution in [3.8, 4) is 0 Å². The van der Waals surface area contributed by atoms with Crippen LogP contribution in [-0.2, 0) is 20.9 Å². The number of carbonyl (C=O) groups is 3. The van der Waals surface area contributed by atoms with E-state index in [2.05, 4.69) is 5.32 Å². The molecule has 6 heteroatoms. The predicted molar refractivity (Wildman–Crippen MR) is 93.4 cm³/mol. The summed E-state index contributed by atoms with van der Waals surface area (Å²) in [6.45, 7) is 3.78. The van der Waals surface area contributed by atoms with Gasteiger partial charge in [-0.1, -0.05) is 30.3 Å². The van der Waals surface area contributed by atoms with E-state index < -0.39 is 0 Å². The van der Waals surface area contributed by atoms with Crippen LogP contribution in [0.15, 0.2) is 30.3 Å². The zero-order chi connectivity index (χ0) is 17.8. The largest absolute Gasteiger partial charge is 0.352 e. The molecule has 2 fully saturated rings. The second-order valence-electron chi connectivity index (χ2n) is 6.98. The van der Waals surface area contributed by atoms with Crippen molar-refractivity contribution in [2.24, 2.45) is 5.92 Å². The Labute approximate surface area is 148 Å². The van der Waals surface area contributed by atoms with Crippen molar-refractivity contribution >= 4 is 17.7 Å². The number of hydrogen-bond donors (Lipinski definition) is 1. The van der Waals surface area contributed by atoms with E-state index in [0.29, 0.717) is 26.2 Å². The second kappa shape index (κ2) is 7.68. The number of nitrogens with zero attached hydrogens (tertiary/aromatic N) is 2. The maximum Gasteiger partial charge on any atom is 0.228 e. The molecule has 0 aromatic heterocycles. The molecule has 1 aromatic rings. The van der Waals surface area contributed by atoms with Crippen LogP contribution in [0.4, 0.5) is 0 Å². The third-order valence-corrected chi connectivity index (χ3v) is 4.92. The molecule has 1 N–H and O–H groups in total. The quantitative estimate of drug-likeness (QED) is 0.892. The SMILES string of the molecule is CC(=O)NC1CCCN(C(=O)C2CC(=O)N(Cc3ccccc3)C2)C1. The first-order chi connectivity index (χ1) is 12.0. The Hall–Kier alpha value is -2.37. The zero-order valence-electron chi connectivity index (χ0n) is 14.6. The van der Waals surface area contributed by atoms with Gasteiger partial charge in [-0.3, -0.25) is 14.4 Å². The monoisotopic (exact) mass is 343 g/mol. The molecule has 0 spiro atoms. The lowest BCUT2D eigenvalue weighted by Crippen LogP contribution is -2.50. The fourth-order valence-electron chi connectivity index (χ4n) is 3.74. The van der Waals surface area contributed by atoms with Gasteiger partial charge in [-0.2, -0.15) is 0 Å². The molecule has 6 nitrogen and oxygen atoms in total. The minimum absolute atomic E-state index is 0.0210. The van der Waals surface area contributed by atoms with Crippen LogP contribution >= 0.6 is 0 Å². The van der Waals surface area contributed by atoms with Gasteiger partial charge >= 0.3 is 0 Å². The van der Waals surface area contributed by atoms with Crippen LogP contribution in [0.5, 0.6) is 0 Å². The van der Waals surface area contributed by atoms with Crippen molar-refractivity contribution in [1.82, 2.24) is 15.1 Å². The number of benzene rings is 1. The first kappa shape index (κ1) is 17.5. The number of likely N-dealkylation sites (tertiary alicyclic amines) is 2. The molecule has 2 atom stereocenters. The normalized spacial score (nSPS) is 23.6. The molecule has 0 aliphatic carbocycles. The van der Waals surface area contributed by atoms with Crippen molar-refractivity contribution in [1.29, 1.82) is 0 Å². The van der Waals surface area contributed by atoms with Gasteiger partial charge in [0, 0.05) is 45.6 Å². The van der Waals surface area contributed by atoms with Gasteiger partial charge in [-0.25, -0.2) is 0 Å². The summed E-state index contributed by atoms with van der Waals surface area (Å²) in [5, 5.41) is 2.90. The Morgan fingerprint density at radius 2 is 1.96 bits per heavy atom. The van der Waals surface area contributed by atoms with Gasteiger partial charge in [0.05, 0.1) is 5.92 Å². The van der Waals surface area contributed by atoms with E-state index in [9.17, 15) is 14.4 Å². The zero-order valence-corrected chi connectivity index (χ0v) is 14.6. The topological polar surface area (TPSA) is 69.7 Å². The summed E-state index contributed by atoms with van der Waals surface area (Å²) < 4.78 is 0. The smallest absolute Gasteiger partial charge is 0.228 e. The Morgan fingerprint density at radius 1 is 1.20 bits per heavy atom. The molecular formula is C19H25N3O3. The molecule has 2 aliphatic heterocycles. The number of amides is 3. The molecule has 25 heavy (non-hydrogen) atoms. The van der Waals surface area contributed by atoms with Crippen molar-refractivity contribution in [2.75, 3.05) is 19.6 Å². The number of carbonyl (C=O) groups excluding carboxylic acids is 3. The summed E-state index contributed by atoms with van der Waals surface area (Å²) in [4.78, 5) is 39.9. The van der Waals surface area contributed by atoms with Crippen LogP contribution < -0.4 is 5.32 Å². The molecule has 3 amide bonds. The highest BCUT2D eigenvalue weighted by Gasteiger charge is 2.37. The van der Waals surface area contributed by atoms with E-state index >= 15 is 0 Å². The van der Waals surface area contributed by atoms with Crippen LogP contribution in [-0.4, -0.2) is 53.2 Å². The highest BCUT2D eigenvalue weighted by molar-refractivity contribution is 5.89. The summed E-state index contributed by atoms with van der Waals surface area (Å²) in [6, 6.07) is 9.86. The van der Waals surface area contributed by atoms with E-state index in [0.717, 1.165) is 18.4 Å². The Balaban J connectivity index is 1.57. The van der Waals surface area contributed by atoms with Gasteiger partial charge in [-0.15, -0.1) is 0 Å².